The van der Waals surface area contributed by atoms with Gasteiger partial charge in [0.25, 0.3) is 0 Å². The minimum atomic E-state index is 0.657. The van der Waals surface area contributed by atoms with Crippen LogP contribution in [0.25, 0.3) is 55.7 Å². The number of furan rings is 2. The number of hydrogen-bond acceptors (Lipinski definition) is 4. The van der Waals surface area contributed by atoms with Crippen LogP contribution in [0.2, 0.25) is 0 Å². The molecule has 0 saturated carbocycles. The highest BCUT2D eigenvalue weighted by Gasteiger charge is 2.16. The van der Waals surface area contributed by atoms with Crippen LogP contribution in [-0.4, -0.2) is 9.97 Å². The van der Waals surface area contributed by atoms with Gasteiger partial charge in [-0.2, -0.15) is 0 Å². The summed E-state index contributed by atoms with van der Waals surface area (Å²) in [6.45, 7) is 8.33. The zero-order valence-corrected chi connectivity index (χ0v) is 18.5. The highest BCUT2D eigenvalue weighted by molar-refractivity contribution is 6.08. The van der Waals surface area contributed by atoms with Crippen LogP contribution in [0.4, 0.5) is 0 Å². The number of aryl methyl sites for hydroxylation is 4. The van der Waals surface area contributed by atoms with Gasteiger partial charge in [-0.3, -0.25) is 0 Å². The molecule has 0 aliphatic carbocycles. The Kier molecular flexibility index (Phi) is 3.99. The molecule has 0 aliphatic rings. The van der Waals surface area contributed by atoms with Crippen LogP contribution in [0.15, 0.2) is 69.5 Å². The topological polar surface area (TPSA) is 52.1 Å². The van der Waals surface area contributed by atoms with Gasteiger partial charge in [0.05, 0.1) is 5.69 Å². The summed E-state index contributed by atoms with van der Waals surface area (Å²) in [5.41, 5.74) is 10.6. The number of nitrogens with zero attached hydrogens (tertiary/aromatic N) is 2. The van der Waals surface area contributed by atoms with Crippen molar-refractivity contribution in [2.24, 2.45) is 0 Å². The van der Waals surface area contributed by atoms with Crippen molar-refractivity contribution in [2.75, 3.05) is 0 Å². The second-order valence-electron chi connectivity index (χ2n) is 8.55. The largest absolute Gasteiger partial charge is 0.454 e. The first-order valence-corrected chi connectivity index (χ1v) is 10.8. The Balaban J connectivity index is 1.53. The summed E-state index contributed by atoms with van der Waals surface area (Å²) in [5, 5.41) is 2.06. The summed E-state index contributed by atoms with van der Waals surface area (Å²) in [6.07, 6.45) is 0. The number of pyridine rings is 2. The van der Waals surface area contributed by atoms with Crippen molar-refractivity contribution in [1.82, 2.24) is 9.97 Å². The number of para-hydroxylation sites is 1. The second kappa shape index (κ2) is 6.79. The molecular formula is C28H22N2O2. The van der Waals surface area contributed by atoms with E-state index in [2.05, 4.69) is 50.0 Å². The molecule has 0 spiro atoms. The average Bonchev–Trinajstić information content (AvgIpc) is 3.32. The van der Waals surface area contributed by atoms with Crippen LogP contribution >= 0.6 is 0 Å². The molecule has 4 heteroatoms. The van der Waals surface area contributed by atoms with Gasteiger partial charge in [-0.25, -0.2) is 9.97 Å². The molecule has 6 aromatic rings. The predicted octanol–water partition coefficient (Wildman–Crippen LogP) is 7.69. The van der Waals surface area contributed by atoms with E-state index >= 15 is 0 Å². The van der Waals surface area contributed by atoms with E-state index in [1.807, 2.05) is 43.3 Å². The van der Waals surface area contributed by atoms with Crippen molar-refractivity contribution in [3.63, 3.8) is 0 Å². The van der Waals surface area contributed by atoms with E-state index in [0.29, 0.717) is 5.71 Å². The van der Waals surface area contributed by atoms with Crippen molar-refractivity contribution in [2.45, 2.75) is 27.7 Å². The molecule has 0 radical (unpaired) electrons. The molecule has 4 heterocycles. The summed E-state index contributed by atoms with van der Waals surface area (Å²) in [6, 6.07) is 20.6. The van der Waals surface area contributed by atoms with E-state index in [4.69, 9.17) is 13.8 Å². The molecular weight excluding hydrogens is 396 g/mol. The maximum Gasteiger partial charge on any atom is 0.227 e. The van der Waals surface area contributed by atoms with Gasteiger partial charge >= 0.3 is 0 Å². The van der Waals surface area contributed by atoms with Gasteiger partial charge in [0.15, 0.2) is 5.58 Å². The second-order valence-corrected chi connectivity index (χ2v) is 8.55. The zero-order valence-electron chi connectivity index (χ0n) is 18.5. The molecule has 0 amide bonds. The Labute approximate surface area is 185 Å². The van der Waals surface area contributed by atoms with Crippen molar-refractivity contribution < 1.29 is 8.83 Å². The summed E-state index contributed by atoms with van der Waals surface area (Å²) in [4.78, 5) is 9.49. The van der Waals surface area contributed by atoms with Gasteiger partial charge in [0.1, 0.15) is 16.9 Å². The van der Waals surface area contributed by atoms with E-state index < -0.39 is 0 Å². The fourth-order valence-corrected chi connectivity index (χ4v) is 4.74. The van der Waals surface area contributed by atoms with Crippen molar-refractivity contribution >= 4 is 33.2 Å². The van der Waals surface area contributed by atoms with E-state index in [9.17, 15) is 0 Å². The van der Waals surface area contributed by atoms with Gasteiger partial charge in [-0.15, -0.1) is 0 Å². The molecule has 0 saturated heterocycles. The average molecular weight is 418 g/mol. The summed E-state index contributed by atoms with van der Waals surface area (Å²) in [5.74, 6) is 0.848. The molecule has 4 nitrogen and oxygen atoms in total. The quantitative estimate of drug-likeness (QED) is 0.289. The lowest BCUT2D eigenvalue weighted by atomic mass is 9.98. The number of hydrogen-bond donors (Lipinski definition) is 0. The SMILES string of the molecule is Cc1cc(C)c(-c2cc3nc(-c4cccc5c4oc4nc(C)ccc45)ccc3o2)c(C)c1. The minimum absolute atomic E-state index is 0.657. The number of fused-ring (bicyclic) bond motifs is 4. The Hall–Kier alpha value is -3.92. The smallest absolute Gasteiger partial charge is 0.227 e. The molecule has 156 valence electrons. The number of rotatable bonds is 2. The van der Waals surface area contributed by atoms with Crippen molar-refractivity contribution in [1.29, 1.82) is 0 Å². The fourth-order valence-electron chi connectivity index (χ4n) is 4.74. The van der Waals surface area contributed by atoms with Gasteiger partial charge in [-0.05, 0) is 69.2 Å². The first-order chi connectivity index (χ1) is 15.5. The zero-order chi connectivity index (χ0) is 22.0. The first kappa shape index (κ1) is 18.8. The van der Waals surface area contributed by atoms with Crippen LogP contribution in [-0.2, 0) is 0 Å². The van der Waals surface area contributed by atoms with Gasteiger partial charge in [0, 0.05) is 33.7 Å². The van der Waals surface area contributed by atoms with E-state index in [1.54, 1.807) is 0 Å². The lowest BCUT2D eigenvalue weighted by Crippen LogP contribution is -1.88. The van der Waals surface area contributed by atoms with E-state index in [0.717, 1.165) is 55.7 Å². The molecule has 0 atom stereocenters. The van der Waals surface area contributed by atoms with E-state index in [1.165, 1.54) is 16.7 Å². The van der Waals surface area contributed by atoms with Crippen LogP contribution in [0.5, 0.6) is 0 Å². The van der Waals surface area contributed by atoms with Crippen LogP contribution in [0.3, 0.4) is 0 Å². The molecule has 32 heavy (non-hydrogen) atoms. The highest BCUT2D eigenvalue weighted by Crippen LogP contribution is 2.37. The maximum absolute atomic E-state index is 6.20. The monoisotopic (exact) mass is 418 g/mol. The molecule has 0 fully saturated rings. The van der Waals surface area contributed by atoms with Crippen molar-refractivity contribution in [3.05, 3.63) is 83.0 Å². The van der Waals surface area contributed by atoms with Crippen molar-refractivity contribution in [3.8, 4) is 22.6 Å². The molecule has 6 rings (SSSR count). The maximum atomic E-state index is 6.20. The number of aromatic nitrogens is 2. The lowest BCUT2D eigenvalue weighted by molar-refractivity contribution is 0.630. The minimum Gasteiger partial charge on any atom is -0.454 e. The summed E-state index contributed by atoms with van der Waals surface area (Å²) < 4.78 is 12.4. The lowest BCUT2D eigenvalue weighted by Gasteiger charge is -2.08. The third-order valence-corrected chi connectivity index (χ3v) is 6.08. The van der Waals surface area contributed by atoms with Crippen LogP contribution in [0.1, 0.15) is 22.4 Å². The van der Waals surface area contributed by atoms with Crippen LogP contribution in [0, 0.1) is 27.7 Å². The van der Waals surface area contributed by atoms with Gasteiger partial charge in [0.2, 0.25) is 5.71 Å². The normalized spacial score (nSPS) is 11.8. The number of benzene rings is 2. The molecule has 0 unspecified atom stereocenters. The molecule has 2 aromatic carbocycles. The summed E-state index contributed by atoms with van der Waals surface area (Å²) >= 11 is 0. The molecule has 0 bridgehead atoms. The Morgan fingerprint density at radius 1 is 0.719 bits per heavy atom. The highest BCUT2D eigenvalue weighted by atomic mass is 16.3. The third kappa shape index (κ3) is 2.83. The Morgan fingerprint density at radius 2 is 1.53 bits per heavy atom. The third-order valence-electron chi connectivity index (χ3n) is 6.08. The summed E-state index contributed by atoms with van der Waals surface area (Å²) in [7, 11) is 0. The van der Waals surface area contributed by atoms with Crippen LogP contribution < -0.4 is 0 Å². The standard InChI is InChI=1S/C28H22N2O2/c1-15-12-16(2)26(17(3)13-15)25-14-23-24(31-25)11-10-22(30-23)21-7-5-6-19-20-9-8-18(4)29-28(20)32-27(19)21/h5-14H,1-4H3. The van der Waals surface area contributed by atoms with Gasteiger partial charge < -0.3 is 8.83 Å². The van der Waals surface area contributed by atoms with Gasteiger partial charge in [-0.1, -0.05) is 29.8 Å². The molecule has 0 aliphatic heterocycles. The first-order valence-electron chi connectivity index (χ1n) is 10.8. The predicted molar refractivity (Wildman–Crippen MR) is 129 cm³/mol. The molecule has 0 N–H and O–H groups in total. The molecule has 4 aromatic heterocycles. The Bertz CT molecular complexity index is 1650. The Morgan fingerprint density at radius 3 is 2.34 bits per heavy atom. The van der Waals surface area contributed by atoms with E-state index in [-0.39, 0.29) is 0 Å². The fraction of sp³-hybridized carbons (Fsp3) is 0.143.